The number of nitrogens with zero attached hydrogens (tertiary/aromatic N) is 1. The van der Waals surface area contributed by atoms with Crippen LogP contribution in [0.3, 0.4) is 0 Å². The maximum absolute atomic E-state index is 14.2. The van der Waals surface area contributed by atoms with Gasteiger partial charge in [0.2, 0.25) is 0 Å². The van der Waals surface area contributed by atoms with Crippen LogP contribution >= 0.6 is 11.3 Å². The molecule has 160 valence electrons. The first-order valence-electron chi connectivity index (χ1n) is 9.30. The lowest BCUT2D eigenvalue weighted by Gasteiger charge is -2.18. The second-order valence-electron chi connectivity index (χ2n) is 8.14. The summed E-state index contributed by atoms with van der Waals surface area (Å²) in [6.07, 6.45) is -3.63. The lowest BCUT2D eigenvalue weighted by atomic mass is 9.93. The Labute approximate surface area is 176 Å². The molecule has 3 nitrogen and oxygen atoms in total. The first-order chi connectivity index (χ1) is 13.9. The van der Waals surface area contributed by atoms with E-state index in [1.54, 1.807) is 6.07 Å². The van der Waals surface area contributed by atoms with Crippen LogP contribution in [0.1, 0.15) is 32.8 Å². The van der Waals surface area contributed by atoms with Crippen molar-refractivity contribution in [3.05, 3.63) is 53.8 Å². The summed E-state index contributed by atoms with van der Waals surface area (Å²) in [6, 6.07) is 8.96. The molecule has 0 amide bonds. The first kappa shape index (κ1) is 22.1. The van der Waals surface area contributed by atoms with Gasteiger partial charge in [-0.2, -0.15) is 13.2 Å². The smallest absolute Gasteiger partial charge is 0.416 e. The van der Waals surface area contributed by atoms with Gasteiger partial charge in [0.1, 0.15) is 11.6 Å². The van der Waals surface area contributed by atoms with E-state index in [9.17, 15) is 17.6 Å². The lowest BCUT2D eigenvalue weighted by Crippen LogP contribution is -2.11. The molecule has 3 aromatic rings. The van der Waals surface area contributed by atoms with Gasteiger partial charge in [0.15, 0.2) is 5.13 Å². The summed E-state index contributed by atoms with van der Waals surface area (Å²) >= 11 is 1.14. The molecule has 0 saturated carbocycles. The summed E-state index contributed by atoms with van der Waals surface area (Å²) in [4.78, 5) is 4.82. The van der Waals surface area contributed by atoms with E-state index < -0.39 is 17.6 Å². The number of aromatic nitrogens is 1. The monoisotopic (exact) mass is 438 g/mol. The number of ether oxygens (including phenoxy) is 1. The van der Waals surface area contributed by atoms with Crippen molar-refractivity contribution in [2.45, 2.75) is 33.4 Å². The molecule has 0 radical (unpaired) electrons. The number of anilines is 1. The number of hydrogen-bond donors (Lipinski definition) is 1. The van der Waals surface area contributed by atoms with E-state index in [1.807, 2.05) is 0 Å². The van der Waals surface area contributed by atoms with Crippen LogP contribution in [-0.4, -0.2) is 11.6 Å². The summed E-state index contributed by atoms with van der Waals surface area (Å²) < 4.78 is 58.5. The van der Waals surface area contributed by atoms with Crippen LogP contribution in [0.15, 0.2) is 42.5 Å². The van der Waals surface area contributed by atoms with E-state index in [-0.39, 0.29) is 10.5 Å². The van der Waals surface area contributed by atoms with Gasteiger partial charge >= 0.3 is 6.18 Å². The molecule has 0 aliphatic rings. The van der Waals surface area contributed by atoms with Gasteiger partial charge in [-0.1, -0.05) is 44.2 Å². The van der Waals surface area contributed by atoms with Crippen LogP contribution in [0.2, 0.25) is 0 Å². The van der Waals surface area contributed by atoms with Crippen LogP contribution in [0.4, 0.5) is 22.7 Å². The van der Waals surface area contributed by atoms with Crippen LogP contribution < -0.4 is 10.5 Å². The van der Waals surface area contributed by atoms with Crippen LogP contribution in [0.5, 0.6) is 5.75 Å². The molecule has 0 saturated heterocycles. The molecule has 8 heteroatoms. The maximum atomic E-state index is 14.2. The fraction of sp³-hybridized carbons (Fsp3) is 0.318. The van der Waals surface area contributed by atoms with Gasteiger partial charge in [-0.05, 0) is 36.1 Å². The molecule has 1 heterocycles. The number of halogens is 4. The number of hydrogen-bond acceptors (Lipinski definition) is 4. The topological polar surface area (TPSA) is 48.1 Å². The average Bonchev–Trinajstić information content (AvgIpc) is 3.01. The standard InChI is InChI=1S/C22H22F4N2OS/c1-21(2,3)8-9-29-17-11-14(10-16(23)12-17)19-18(28-20(27)30-19)13-4-6-15(7-5-13)22(24,25)26/h4-7,10-12H,8-9H2,1-3H3,(H2,27,28). The molecule has 0 atom stereocenters. The lowest BCUT2D eigenvalue weighted by molar-refractivity contribution is -0.137. The molecule has 0 fully saturated rings. The predicted octanol–water partition coefficient (Wildman–Crippen LogP) is 7.03. The SMILES string of the molecule is CC(C)(C)CCOc1cc(F)cc(-c2sc(N)nc2-c2ccc(C(F)(F)F)cc2)c1. The van der Waals surface area contributed by atoms with Crippen LogP contribution in [0, 0.1) is 11.2 Å². The highest BCUT2D eigenvalue weighted by Gasteiger charge is 2.30. The van der Waals surface area contributed by atoms with Gasteiger partial charge in [-0.25, -0.2) is 9.37 Å². The molecule has 3 rings (SSSR count). The molecule has 2 N–H and O–H groups in total. The molecule has 0 spiro atoms. The maximum Gasteiger partial charge on any atom is 0.416 e. The Morgan fingerprint density at radius 1 is 1.00 bits per heavy atom. The van der Waals surface area contributed by atoms with E-state index >= 15 is 0 Å². The van der Waals surface area contributed by atoms with Gasteiger partial charge < -0.3 is 10.5 Å². The Kier molecular flexibility index (Phi) is 6.08. The second-order valence-corrected chi connectivity index (χ2v) is 9.17. The van der Waals surface area contributed by atoms with Crippen molar-refractivity contribution >= 4 is 16.5 Å². The van der Waals surface area contributed by atoms with Crippen molar-refractivity contribution < 1.29 is 22.3 Å². The molecule has 0 aliphatic carbocycles. The first-order valence-corrected chi connectivity index (χ1v) is 10.1. The Hall–Kier alpha value is -2.61. The third kappa shape index (κ3) is 5.50. The number of nitrogens with two attached hydrogens (primary N) is 1. The molecule has 0 aliphatic heterocycles. The Bertz CT molecular complexity index is 1020. The zero-order valence-corrected chi connectivity index (χ0v) is 17.6. The van der Waals surface area contributed by atoms with Crippen molar-refractivity contribution in [1.29, 1.82) is 0 Å². The quantitative estimate of drug-likeness (QED) is 0.435. The highest BCUT2D eigenvalue weighted by atomic mass is 32.1. The van der Waals surface area contributed by atoms with Gasteiger partial charge in [0.25, 0.3) is 0 Å². The van der Waals surface area contributed by atoms with Crippen LogP contribution in [-0.2, 0) is 6.18 Å². The number of rotatable bonds is 5. The summed E-state index contributed by atoms with van der Waals surface area (Å²) in [5.41, 5.74) is 6.56. The molecular formula is C22H22F4N2OS. The fourth-order valence-corrected chi connectivity index (χ4v) is 3.64. The van der Waals surface area contributed by atoms with Crippen molar-refractivity contribution in [2.24, 2.45) is 5.41 Å². The number of nitrogen functional groups attached to an aromatic ring is 1. The molecular weight excluding hydrogens is 416 g/mol. The van der Waals surface area contributed by atoms with Gasteiger partial charge in [-0.3, -0.25) is 0 Å². The van der Waals surface area contributed by atoms with Crippen molar-refractivity contribution in [3.63, 3.8) is 0 Å². The third-order valence-corrected chi connectivity index (χ3v) is 5.32. The average molecular weight is 438 g/mol. The van der Waals surface area contributed by atoms with Gasteiger partial charge in [0.05, 0.1) is 22.7 Å². The minimum Gasteiger partial charge on any atom is -0.493 e. The Balaban J connectivity index is 1.93. The highest BCUT2D eigenvalue weighted by molar-refractivity contribution is 7.19. The summed E-state index contributed by atoms with van der Waals surface area (Å²) in [5.74, 6) is -0.108. The molecule has 0 unspecified atom stereocenters. The molecule has 1 aromatic heterocycles. The van der Waals surface area contributed by atoms with E-state index in [0.717, 1.165) is 29.9 Å². The minimum absolute atomic E-state index is 0.0814. The minimum atomic E-state index is -4.43. The van der Waals surface area contributed by atoms with E-state index in [4.69, 9.17) is 10.5 Å². The van der Waals surface area contributed by atoms with Crippen LogP contribution in [0.25, 0.3) is 21.7 Å². The van der Waals surface area contributed by atoms with E-state index in [2.05, 4.69) is 25.8 Å². The normalized spacial score (nSPS) is 12.2. The molecule has 30 heavy (non-hydrogen) atoms. The molecule has 0 bridgehead atoms. The van der Waals surface area contributed by atoms with Gasteiger partial charge in [0, 0.05) is 17.2 Å². The Morgan fingerprint density at radius 3 is 2.27 bits per heavy atom. The zero-order chi connectivity index (χ0) is 22.1. The number of thiazole rings is 1. The zero-order valence-electron chi connectivity index (χ0n) is 16.8. The predicted molar refractivity (Wildman–Crippen MR) is 112 cm³/mol. The summed E-state index contributed by atoms with van der Waals surface area (Å²) in [6.45, 7) is 6.69. The highest BCUT2D eigenvalue weighted by Crippen LogP contribution is 2.40. The summed E-state index contributed by atoms with van der Waals surface area (Å²) in [5, 5.41) is 0.236. The van der Waals surface area contributed by atoms with E-state index in [0.29, 0.717) is 34.1 Å². The molecule has 2 aromatic carbocycles. The second kappa shape index (κ2) is 8.26. The largest absolute Gasteiger partial charge is 0.493 e. The Morgan fingerprint density at radius 2 is 1.67 bits per heavy atom. The summed E-state index contributed by atoms with van der Waals surface area (Å²) in [7, 11) is 0. The van der Waals surface area contributed by atoms with Crippen molar-refractivity contribution in [3.8, 4) is 27.4 Å². The third-order valence-electron chi connectivity index (χ3n) is 4.38. The fourth-order valence-electron chi connectivity index (χ4n) is 2.80. The van der Waals surface area contributed by atoms with Gasteiger partial charge in [-0.15, -0.1) is 0 Å². The number of alkyl halides is 3. The number of benzene rings is 2. The van der Waals surface area contributed by atoms with Crippen molar-refractivity contribution in [2.75, 3.05) is 12.3 Å². The van der Waals surface area contributed by atoms with Crippen molar-refractivity contribution in [1.82, 2.24) is 4.98 Å². The van der Waals surface area contributed by atoms with E-state index in [1.165, 1.54) is 24.3 Å².